The van der Waals surface area contributed by atoms with Crippen molar-refractivity contribution >= 4 is 21.6 Å². The van der Waals surface area contributed by atoms with E-state index in [4.69, 9.17) is 4.74 Å². The smallest absolute Gasteiger partial charge is 0.379 e. The Morgan fingerprint density at radius 2 is 1.79 bits per heavy atom. The molecule has 1 heterocycles. The molecule has 0 aromatic heterocycles. The van der Waals surface area contributed by atoms with E-state index in [0.717, 1.165) is 36.9 Å². The summed E-state index contributed by atoms with van der Waals surface area (Å²) < 4.78 is 72.3. The zero-order valence-electron chi connectivity index (χ0n) is 18.1. The number of halogens is 3. The van der Waals surface area contributed by atoms with Crippen LogP contribution in [0.25, 0.3) is 0 Å². The third-order valence-corrected chi connectivity index (χ3v) is 7.00. The van der Waals surface area contributed by atoms with Gasteiger partial charge in [0, 0.05) is 26.2 Å². The minimum atomic E-state index is -4.66. The first-order valence-electron chi connectivity index (χ1n) is 10.4. The molecule has 0 unspecified atom stereocenters. The Hall–Kier alpha value is -2.63. The van der Waals surface area contributed by atoms with Gasteiger partial charge in [0.25, 0.3) is 10.0 Å². The number of carbonyl (C=O) groups excluding carboxylic acids is 1. The van der Waals surface area contributed by atoms with Crippen LogP contribution in [0.1, 0.15) is 11.1 Å². The number of nitrogens with one attached hydrogen (secondary N) is 1. The van der Waals surface area contributed by atoms with Gasteiger partial charge < -0.3 is 10.1 Å². The van der Waals surface area contributed by atoms with E-state index in [2.05, 4.69) is 10.2 Å². The van der Waals surface area contributed by atoms with Crippen molar-refractivity contribution in [1.82, 2.24) is 10.2 Å². The molecule has 1 fully saturated rings. The van der Waals surface area contributed by atoms with Crippen LogP contribution in [-0.2, 0) is 25.7 Å². The van der Waals surface area contributed by atoms with Gasteiger partial charge in [-0.15, -0.1) is 0 Å². The highest BCUT2D eigenvalue weighted by Crippen LogP contribution is 2.33. The average molecular weight is 486 g/mol. The van der Waals surface area contributed by atoms with E-state index in [1.54, 1.807) is 19.1 Å². The van der Waals surface area contributed by atoms with Gasteiger partial charge in [-0.25, -0.2) is 8.42 Å². The molecule has 1 saturated heterocycles. The molecule has 0 spiro atoms. The number of carbonyl (C=O) groups is 1. The number of anilines is 1. The topological polar surface area (TPSA) is 79.0 Å². The highest BCUT2D eigenvalue weighted by atomic mass is 32.2. The molecule has 2 aromatic rings. The molecular formula is C22H26F3N3O4S. The first kappa shape index (κ1) is 25.0. The third kappa shape index (κ3) is 6.68. The zero-order chi connectivity index (χ0) is 24.1. The van der Waals surface area contributed by atoms with Crippen molar-refractivity contribution in [1.29, 1.82) is 0 Å². The van der Waals surface area contributed by atoms with E-state index < -0.39 is 34.2 Å². The summed E-state index contributed by atoms with van der Waals surface area (Å²) in [6.07, 6.45) is -4.66. The minimum absolute atomic E-state index is 0.119. The average Bonchev–Trinajstić information content (AvgIpc) is 2.78. The maximum absolute atomic E-state index is 13.3. The second-order valence-electron chi connectivity index (χ2n) is 7.68. The summed E-state index contributed by atoms with van der Waals surface area (Å²) in [4.78, 5) is 14.6. The Kier molecular flexibility index (Phi) is 7.98. The number of alkyl halides is 3. The SMILES string of the molecule is Cc1ccc(S(=O)(=O)N(CC(=O)NCCN2CCOCC2)c2cccc(C(F)(F)F)c2)cc1. The minimum Gasteiger partial charge on any atom is -0.379 e. The molecule has 11 heteroatoms. The lowest BCUT2D eigenvalue weighted by molar-refractivity contribution is -0.137. The van der Waals surface area contributed by atoms with Crippen LogP contribution in [0.4, 0.5) is 18.9 Å². The van der Waals surface area contributed by atoms with Crippen molar-refractivity contribution in [3.8, 4) is 0 Å². The fraction of sp³-hybridized carbons (Fsp3) is 0.409. The molecule has 1 N–H and O–H groups in total. The first-order valence-corrected chi connectivity index (χ1v) is 11.8. The largest absolute Gasteiger partial charge is 0.416 e. The molecule has 1 aliphatic heterocycles. The van der Waals surface area contributed by atoms with Crippen LogP contribution in [-0.4, -0.2) is 65.2 Å². The van der Waals surface area contributed by atoms with Crippen LogP contribution in [0, 0.1) is 6.92 Å². The number of hydrogen-bond acceptors (Lipinski definition) is 5. The summed E-state index contributed by atoms with van der Waals surface area (Å²) in [5, 5.41) is 2.66. The maximum Gasteiger partial charge on any atom is 0.416 e. The number of aryl methyl sites for hydroxylation is 1. The van der Waals surface area contributed by atoms with Gasteiger partial charge in [0.1, 0.15) is 6.54 Å². The lowest BCUT2D eigenvalue weighted by Gasteiger charge is -2.27. The molecule has 0 aliphatic carbocycles. The van der Waals surface area contributed by atoms with Gasteiger partial charge in [-0.1, -0.05) is 23.8 Å². The molecule has 2 aromatic carbocycles. The van der Waals surface area contributed by atoms with E-state index in [9.17, 15) is 26.4 Å². The van der Waals surface area contributed by atoms with Gasteiger partial charge in [0.15, 0.2) is 0 Å². The standard InChI is InChI=1S/C22H26F3N3O4S/c1-17-5-7-20(8-6-17)33(30,31)28(19-4-2-3-18(15-19)22(23,24)25)16-21(29)26-9-10-27-11-13-32-14-12-27/h2-8,15H,9-14,16H2,1H3,(H,26,29). The second kappa shape index (κ2) is 10.5. The predicted octanol–water partition coefficient (Wildman–Crippen LogP) is 2.66. The van der Waals surface area contributed by atoms with E-state index >= 15 is 0 Å². The predicted molar refractivity (Wildman–Crippen MR) is 117 cm³/mol. The number of hydrogen-bond donors (Lipinski definition) is 1. The molecule has 1 aliphatic rings. The fourth-order valence-corrected chi connectivity index (χ4v) is 4.77. The number of nitrogens with zero attached hydrogens (tertiary/aromatic N) is 2. The van der Waals surface area contributed by atoms with Crippen LogP contribution in [0.3, 0.4) is 0 Å². The van der Waals surface area contributed by atoms with Crippen molar-refractivity contribution in [2.24, 2.45) is 0 Å². The van der Waals surface area contributed by atoms with E-state index in [0.29, 0.717) is 24.1 Å². The van der Waals surface area contributed by atoms with Crippen molar-refractivity contribution in [2.75, 3.05) is 50.2 Å². The molecular weight excluding hydrogens is 459 g/mol. The van der Waals surface area contributed by atoms with Crippen LogP contribution < -0.4 is 9.62 Å². The Labute approximate surface area is 191 Å². The number of rotatable bonds is 8. The fourth-order valence-electron chi connectivity index (χ4n) is 3.35. The van der Waals surface area contributed by atoms with Gasteiger partial charge in [0.2, 0.25) is 5.91 Å². The van der Waals surface area contributed by atoms with Crippen molar-refractivity contribution in [3.05, 3.63) is 59.7 Å². The molecule has 180 valence electrons. The lowest BCUT2D eigenvalue weighted by Crippen LogP contribution is -2.44. The maximum atomic E-state index is 13.3. The number of amides is 1. The normalized spacial score (nSPS) is 15.3. The molecule has 0 bridgehead atoms. The second-order valence-corrected chi connectivity index (χ2v) is 9.54. The number of sulfonamides is 1. The van der Waals surface area contributed by atoms with Crippen LogP contribution in [0.2, 0.25) is 0 Å². The van der Waals surface area contributed by atoms with Gasteiger partial charge in [-0.2, -0.15) is 13.2 Å². The quantitative estimate of drug-likeness (QED) is 0.622. The molecule has 0 radical (unpaired) electrons. The van der Waals surface area contributed by atoms with Crippen LogP contribution in [0.15, 0.2) is 53.4 Å². The number of ether oxygens (including phenoxy) is 1. The lowest BCUT2D eigenvalue weighted by atomic mass is 10.2. The molecule has 33 heavy (non-hydrogen) atoms. The van der Waals surface area contributed by atoms with Gasteiger partial charge in [-0.3, -0.25) is 14.0 Å². The van der Waals surface area contributed by atoms with Crippen molar-refractivity contribution in [3.63, 3.8) is 0 Å². The summed E-state index contributed by atoms with van der Waals surface area (Å²) in [5.41, 5.74) is -0.425. The summed E-state index contributed by atoms with van der Waals surface area (Å²) in [5.74, 6) is -0.614. The highest BCUT2D eigenvalue weighted by molar-refractivity contribution is 7.92. The molecule has 7 nitrogen and oxygen atoms in total. The zero-order valence-corrected chi connectivity index (χ0v) is 19.0. The molecule has 0 saturated carbocycles. The van der Waals surface area contributed by atoms with Crippen molar-refractivity contribution < 1.29 is 31.1 Å². The van der Waals surface area contributed by atoms with E-state index in [1.807, 2.05) is 0 Å². The summed E-state index contributed by atoms with van der Waals surface area (Å²) >= 11 is 0. The van der Waals surface area contributed by atoms with E-state index in [1.165, 1.54) is 18.2 Å². The summed E-state index contributed by atoms with van der Waals surface area (Å²) in [6, 6.07) is 9.83. The summed E-state index contributed by atoms with van der Waals surface area (Å²) in [6.45, 7) is 4.63. The van der Waals surface area contributed by atoms with Gasteiger partial charge >= 0.3 is 6.18 Å². The van der Waals surface area contributed by atoms with Crippen molar-refractivity contribution in [2.45, 2.75) is 18.0 Å². The molecule has 3 rings (SSSR count). The number of morpholine rings is 1. The monoisotopic (exact) mass is 485 g/mol. The molecule has 0 atom stereocenters. The Bertz CT molecular complexity index is 1050. The molecule has 1 amide bonds. The number of benzene rings is 2. The Balaban J connectivity index is 1.82. The summed E-state index contributed by atoms with van der Waals surface area (Å²) in [7, 11) is -4.30. The van der Waals surface area contributed by atoms with Gasteiger partial charge in [0.05, 0.1) is 29.4 Å². The Morgan fingerprint density at radius 3 is 2.42 bits per heavy atom. The first-order chi connectivity index (χ1) is 15.6. The Morgan fingerprint density at radius 1 is 1.12 bits per heavy atom. The highest BCUT2D eigenvalue weighted by Gasteiger charge is 2.33. The van der Waals surface area contributed by atoms with Gasteiger partial charge in [-0.05, 0) is 37.3 Å². The van der Waals surface area contributed by atoms with Crippen LogP contribution in [0.5, 0.6) is 0 Å². The third-order valence-electron chi connectivity index (χ3n) is 5.21. The van der Waals surface area contributed by atoms with E-state index in [-0.39, 0.29) is 17.1 Å². The van der Waals surface area contributed by atoms with Crippen LogP contribution >= 0.6 is 0 Å².